The highest BCUT2D eigenvalue weighted by atomic mass is 32.2. The molecule has 1 spiro atoms. The van der Waals surface area contributed by atoms with Crippen LogP contribution in [0, 0.1) is 0 Å². The zero-order chi connectivity index (χ0) is 19.1. The predicted molar refractivity (Wildman–Crippen MR) is 101 cm³/mol. The van der Waals surface area contributed by atoms with Gasteiger partial charge in [0.25, 0.3) is 0 Å². The summed E-state index contributed by atoms with van der Waals surface area (Å²) in [5.74, 6) is -1.04. The first-order chi connectivity index (χ1) is 12.8. The molecule has 1 unspecified atom stereocenters. The molecular weight excluding hydrogens is 364 g/mol. The molecule has 1 aliphatic heterocycles. The van der Waals surface area contributed by atoms with Crippen LogP contribution in [-0.2, 0) is 24.1 Å². The molecule has 0 amide bonds. The van der Waals surface area contributed by atoms with E-state index in [0.717, 1.165) is 16.7 Å². The van der Waals surface area contributed by atoms with Crippen LogP contribution in [-0.4, -0.2) is 32.9 Å². The summed E-state index contributed by atoms with van der Waals surface area (Å²) < 4.78 is 34.9. The Bertz CT molecular complexity index is 1010. The van der Waals surface area contributed by atoms with E-state index in [9.17, 15) is 13.2 Å². The lowest BCUT2D eigenvalue weighted by Gasteiger charge is -2.22. The van der Waals surface area contributed by atoms with Crippen LogP contribution in [0.1, 0.15) is 11.7 Å². The molecule has 0 saturated carbocycles. The number of benzene rings is 2. The van der Waals surface area contributed by atoms with E-state index in [-0.39, 0.29) is 11.9 Å². The topological polar surface area (TPSA) is 69.7 Å². The van der Waals surface area contributed by atoms with Crippen molar-refractivity contribution in [1.82, 2.24) is 0 Å². The molecule has 5 nitrogen and oxygen atoms in total. The molecular formula is C21H18O5S. The summed E-state index contributed by atoms with van der Waals surface area (Å²) in [6, 6.07) is 14.7. The Kier molecular flexibility index (Phi) is 4.34. The molecule has 2 aromatic carbocycles. The molecule has 0 N–H and O–H groups in total. The Balaban J connectivity index is 1.51. The second kappa shape index (κ2) is 6.56. The van der Waals surface area contributed by atoms with Gasteiger partial charge in [-0.15, -0.1) is 0 Å². The molecule has 1 saturated heterocycles. The maximum Gasteiger partial charge on any atom is 0.209 e. The van der Waals surface area contributed by atoms with Crippen molar-refractivity contribution in [2.24, 2.45) is 0 Å². The van der Waals surface area contributed by atoms with E-state index < -0.39 is 15.6 Å². The van der Waals surface area contributed by atoms with E-state index in [2.05, 4.69) is 0 Å². The fourth-order valence-electron chi connectivity index (χ4n) is 3.13. The van der Waals surface area contributed by atoms with Gasteiger partial charge in [0, 0.05) is 6.26 Å². The summed E-state index contributed by atoms with van der Waals surface area (Å²) in [6.45, 7) is 0.394. The lowest BCUT2D eigenvalue weighted by Crippen LogP contribution is -2.27. The average Bonchev–Trinajstić information content (AvgIpc) is 3.08. The Morgan fingerprint density at radius 1 is 0.926 bits per heavy atom. The van der Waals surface area contributed by atoms with Gasteiger partial charge in [0.2, 0.25) is 5.79 Å². The normalized spacial score (nSPS) is 21.1. The first-order valence-corrected chi connectivity index (χ1v) is 10.4. The maximum absolute atomic E-state index is 11.6. The third kappa shape index (κ3) is 3.64. The van der Waals surface area contributed by atoms with Gasteiger partial charge in [-0.1, -0.05) is 36.4 Å². The van der Waals surface area contributed by atoms with Gasteiger partial charge in [0.05, 0.1) is 11.5 Å². The zero-order valence-corrected chi connectivity index (χ0v) is 15.5. The second-order valence-corrected chi connectivity index (χ2v) is 8.64. The van der Waals surface area contributed by atoms with Gasteiger partial charge in [-0.05, 0) is 53.1 Å². The van der Waals surface area contributed by atoms with Crippen LogP contribution in [0.2, 0.25) is 0 Å². The number of ether oxygens (including phenoxy) is 2. The highest BCUT2D eigenvalue weighted by Gasteiger charge is 2.39. The van der Waals surface area contributed by atoms with Gasteiger partial charge in [-0.3, -0.25) is 4.79 Å². The van der Waals surface area contributed by atoms with Crippen molar-refractivity contribution in [2.45, 2.75) is 16.8 Å². The molecule has 1 fully saturated rings. The summed E-state index contributed by atoms with van der Waals surface area (Å²) >= 11 is 0. The summed E-state index contributed by atoms with van der Waals surface area (Å²) in [5, 5.41) is 0. The molecule has 138 valence electrons. The molecule has 27 heavy (non-hydrogen) atoms. The molecule has 0 aromatic heterocycles. The van der Waals surface area contributed by atoms with Crippen molar-refractivity contribution in [2.75, 3.05) is 12.9 Å². The molecule has 1 heterocycles. The summed E-state index contributed by atoms with van der Waals surface area (Å²) in [6.07, 6.45) is 7.13. The van der Waals surface area contributed by atoms with Crippen LogP contribution in [0.25, 0.3) is 11.1 Å². The maximum atomic E-state index is 11.6. The van der Waals surface area contributed by atoms with Crippen LogP contribution in [0.15, 0.2) is 77.7 Å². The fraction of sp³-hybridized carbons (Fsp3) is 0.190. The first-order valence-electron chi connectivity index (χ1n) is 8.49. The number of ketones is 1. The van der Waals surface area contributed by atoms with E-state index in [4.69, 9.17) is 9.47 Å². The smallest absolute Gasteiger partial charge is 0.209 e. The average molecular weight is 382 g/mol. The van der Waals surface area contributed by atoms with Crippen molar-refractivity contribution in [1.29, 1.82) is 0 Å². The van der Waals surface area contributed by atoms with Crippen molar-refractivity contribution in [3.8, 4) is 11.1 Å². The third-order valence-corrected chi connectivity index (χ3v) is 5.77. The van der Waals surface area contributed by atoms with E-state index in [1.54, 1.807) is 36.4 Å². The number of hydrogen-bond donors (Lipinski definition) is 0. The van der Waals surface area contributed by atoms with Gasteiger partial charge in [0.1, 0.15) is 6.10 Å². The third-order valence-electron chi connectivity index (χ3n) is 4.64. The highest BCUT2D eigenvalue weighted by Crippen LogP contribution is 2.37. The molecule has 6 heteroatoms. The number of hydrogen-bond acceptors (Lipinski definition) is 5. The minimum absolute atomic E-state index is 0.0810. The van der Waals surface area contributed by atoms with Crippen molar-refractivity contribution < 1.29 is 22.7 Å². The van der Waals surface area contributed by atoms with E-state index in [0.29, 0.717) is 11.5 Å². The SMILES string of the molecule is CS(=O)(=O)c1ccc(-c2ccc(C3COC4(C=CC(=O)C=C4)O3)cc2)cc1. The van der Waals surface area contributed by atoms with Gasteiger partial charge < -0.3 is 9.47 Å². The second-order valence-electron chi connectivity index (χ2n) is 6.63. The summed E-state index contributed by atoms with van der Waals surface area (Å²) in [5.41, 5.74) is 2.89. The Hall–Kier alpha value is -2.54. The number of sulfone groups is 1. The molecule has 0 radical (unpaired) electrons. The van der Waals surface area contributed by atoms with E-state index in [1.165, 1.54) is 18.4 Å². The monoisotopic (exact) mass is 382 g/mol. The zero-order valence-electron chi connectivity index (χ0n) is 14.7. The number of rotatable bonds is 3. The molecule has 0 bridgehead atoms. The molecule has 2 aromatic rings. The highest BCUT2D eigenvalue weighted by molar-refractivity contribution is 7.90. The lowest BCUT2D eigenvalue weighted by atomic mass is 10.0. The molecule has 2 aliphatic rings. The number of allylic oxidation sites excluding steroid dienone is 2. The number of carbonyl (C=O) groups is 1. The van der Waals surface area contributed by atoms with Gasteiger partial charge >= 0.3 is 0 Å². The first kappa shape index (κ1) is 17.9. The van der Waals surface area contributed by atoms with Crippen molar-refractivity contribution >= 4 is 15.6 Å². The standard InChI is InChI=1S/C21H18O5S/c1-27(23,24)19-8-6-16(7-9-19)15-2-4-17(5-3-15)20-14-25-21(26-20)12-10-18(22)11-13-21/h2-13,20H,14H2,1H3. The molecule has 1 atom stereocenters. The van der Waals surface area contributed by atoms with Crippen LogP contribution in [0.3, 0.4) is 0 Å². The summed E-state index contributed by atoms with van der Waals surface area (Å²) in [4.78, 5) is 11.6. The number of carbonyl (C=O) groups excluding carboxylic acids is 1. The van der Waals surface area contributed by atoms with Crippen LogP contribution in [0.4, 0.5) is 0 Å². The molecule has 4 rings (SSSR count). The van der Waals surface area contributed by atoms with Crippen molar-refractivity contribution in [3.63, 3.8) is 0 Å². The van der Waals surface area contributed by atoms with Crippen LogP contribution < -0.4 is 0 Å². The van der Waals surface area contributed by atoms with Gasteiger partial charge in [0.15, 0.2) is 15.6 Å². The van der Waals surface area contributed by atoms with E-state index in [1.807, 2.05) is 24.3 Å². The van der Waals surface area contributed by atoms with E-state index >= 15 is 0 Å². The van der Waals surface area contributed by atoms with Crippen LogP contribution in [0.5, 0.6) is 0 Å². The van der Waals surface area contributed by atoms with Gasteiger partial charge in [-0.25, -0.2) is 8.42 Å². The van der Waals surface area contributed by atoms with Crippen molar-refractivity contribution in [3.05, 3.63) is 78.4 Å². The molecule has 1 aliphatic carbocycles. The summed E-state index contributed by atoms with van der Waals surface area (Å²) in [7, 11) is -3.20. The Labute approximate surface area is 157 Å². The predicted octanol–water partition coefficient (Wildman–Crippen LogP) is 3.24. The minimum atomic E-state index is -3.20. The Morgan fingerprint density at radius 3 is 2.04 bits per heavy atom. The minimum Gasteiger partial charge on any atom is -0.340 e. The lowest BCUT2D eigenvalue weighted by molar-refractivity contribution is -0.113. The fourth-order valence-corrected chi connectivity index (χ4v) is 3.76. The quantitative estimate of drug-likeness (QED) is 0.815. The Morgan fingerprint density at radius 2 is 1.48 bits per heavy atom. The van der Waals surface area contributed by atoms with Crippen LogP contribution >= 0.6 is 0 Å². The van der Waals surface area contributed by atoms with Gasteiger partial charge in [-0.2, -0.15) is 0 Å². The largest absolute Gasteiger partial charge is 0.340 e.